The zero-order valence-corrected chi connectivity index (χ0v) is 12.9. The zero-order chi connectivity index (χ0) is 16.5. The van der Waals surface area contributed by atoms with Crippen LogP contribution in [0.2, 0.25) is 0 Å². The van der Waals surface area contributed by atoms with E-state index in [1.54, 1.807) is 6.20 Å². The summed E-state index contributed by atoms with van der Waals surface area (Å²) < 4.78 is 0. The minimum Gasteiger partial charge on any atom is -0.369 e. The lowest BCUT2D eigenvalue weighted by Gasteiger charge is -2.13. The lowest BCUT2D eigenvalue weighted by atomic mass is 9.95. The molecule has 23 heavy (non-hydrogen) atoms. The van der Waals surface area contributed by atoms with Crippen molar-refractivity contribution in [1.82, 2.24) is 10.3 Å². The molecule has 1 heterocycles. The Balaban J connectivity index is 1.80. The normalized spacial score (nSPS) is 11.7. The van der Waals surface area contributed by atoms with Crippen LogP contribution >= 0.6 is 0 Å². The van der Waals surface area contributed by atoms with Crippen molar-refractivity contribution in [2.75, 3.05) is 6.54 Å². The number of carbonyl (C=O) groups is 2. The van der Waals surface area contributed by atoms with Crippen molar-refractivity contribution in [2.24, 2.45) is 11.7 Å². The molecule has 1 unspecified atom stereocenters. The summed E-state index contributed by atoms with van der Waals surface area (Å²) in [6, 6.07) is 15.2. The zero-order valence-electron chi connectivity index (χ0n) is 12.9. The van der Waals surface area contributed by atoms with E-state index in [1.807, 2.05) is 48.5 Å². The van der Waals surface area contributed by atoms with Gasteiger partial charge in [0.25, 0.3) is 0 Å². The number of hydrogen-bond donors (Lipinski definition) is 2. The monoisotopic (exact) mass is 311 g/mol. The summed E-state index contributed by atoms with van der Waals surface area (Å²) in [4.78, 5) is 27.8. The molecule has 1 aromatic carbocycles. The number of primary amides is 1. The lowest BCUT2D eigenvalue weighted by molar-refractivity contribution is -0.128. The molecular weight excluding hydrogens is 290 g/mol. The molecule has 0 radical (unpaired) electrons. The molecular formula is C18H21N3O2. The van der Waals surface area contributed by atoms with Gasteiger partial charge in [-0.15, -0.1) is 0 Å². The molecule has 2 rings (SSSR count). The molecule has 0 aliphatic heterocycles. The van der Waals surface area contributed by atoms with Gasteiger partial charge in [0.1, 0.15) is 0 Å². The van der Waals surface area contributed by atoms with E-state index in [0.717, 1.165) is 11.3 Å². The van der Waals surface area contributed by atoms with E-state index in [2.05, 4.69) is 10.3 Å². The predicted octanol–water partition coefficient (Wildman–Crippen LogP) is 1.47. The summed E-state index contributed by atoms with van der Waals surface area (Å²) in [5.74, 6) is -1.11. The van der Waals surface area contributed by atoms with E-state index in [1.165, 1.54) is 0 Å². The largest absolute Gasteiger partial charge is 0.369 e. The molecule has 1 atom stereocenters. The molecule has 5 nitrogen and oxygen atoms in total. The van der Waals surface area contributed by atoms with Crippen LogP contribution in [-0.2, 0) is 22.4 Å². The second-order valence-corrected chi connectivity index (χ2v) is 5.41. The highest BCUT2D eigenvalue weighted by molar-refractivity contribution is 5.85. The number of pyridine rings is 1. The van der Waals surface area contributed by atoms with Crippen LogP contribution in [0.4, 0.5) is 0 Å². The summed E-state index contributed by atoms with van der Waals surface area (Å²) in [7, 11) is 0. The second kappa shape index (κ2) is 8.68. The number of aromatic nitrogens is 1. The summed E-state index contributed by atoms with van der Waals surface area (Å²) >= 11 is 0. The van der Waals surface area contributed by atoms with Gasteiger partial charge in [0.2, 0.25) is 11.8 Å². The standard InChI is InChI=1S/C18H21N3O2/c19-18(23)15(12-14-6-2-1-3-7-14)13-17(22)21-11-9-16-8-4-5-10-20-16/h1-8,10,15H,9,11-13H2,(H2,19,23)(H,21,22). The Hall–Kier alpha value is -2.69. The maximum absolute atomic E-state index is 12.0. The van der Waals surface area contributed by atoms with Crippen molar-refractivity contribution in [3.63, 3.8) is 0 Å². The van der Waals surface area contributed by atoms with Gasteiger partial charge in [-0.3, -0.25) is 14.6 Å². The third-order valence-corrected chi connectivity index (χ3v) is 3.59. The lowest BCUT2D eigenvalue weighted by Crippen LogP contribution is -2.33. The second-order valence-electron chi connectivity index (χ2n) is 5.41. The number of nitrogens with two attached hydrogens (primary N) is 1. The summed E-state index contributed by atoms with van der Waals surface area (Å²) in [6.07, 6.45) is 2.96. The Labute approximate surface area is 135 Å². The third-order valence-electron chi connectivity index (χ3n) is 3.59. The van der Waals surface area contributed by atoms with Crippen molar-refractivity contribution in [2.45, 2.75) is 19.3 Å². The Morgan fingerprint density at radius 1 is 1.09 bits per heavy atom. The summed E-state index contributed by atoms with van der Waals surface area (Å²) in [6.45, 7) is 0.493. The van der Waals surface area contributed by atoms with E-state index in [4.69, 9.17) is 5.73 Å². The SMILES string of the molecule is NC(=O)C(CC(=O)NCCc1ccccn1)Cc1ccccc1. The maximum atomic E-state index is 12.0. The van der Waals surface area contributed by atoms with Crippen LogP contribution in [0.5, 0.6) is 0 Å². The Kier molecular flexibility index (Phi) is 6.29. The molecule has 0 fully saturated rings. The molecule has 0 saturated carbocycles. The van der Waals surface area contributed by atoms with Gasteiger partial charge in [-0.25, -0.2) is 0 Å². The number of nitrogens with zero attached hydrogens (tertiary/aromatic N) is 1. The highest BCUT2D eigenvalue weighted by Crippen LogP contribution is 2.12. The van der Waals surface area contributed by atoms with Crippen LogP contribution in [0.3, 0.4) is 0 Å². The Morgan fingerprint density at radius 3 is 2.48 bits per heavy atom. The minimum absolute atomic E-state index is 0.104. The van der Waals surface area contributed by atoms with Crippen molar-refractivity contribution in [1.29, 1.82) is 0 Å². The first-order valence-electron chi connectivity index (χ1n) is 7.65. The van der Waals surface area contributed by atoms with Crippen LogP contribution in [0.25, 0.3) is 0 Å². The topological polar surface area (TPSA) is 85.1 Å². The van der Waals surface area contributed by atoms with Gasteiger partial charge < -0.3 is 11.1 Å². The smallest absolute Gasteiger partial charge is 0.221 e. The molecule has 2 aromatic rings. The van der Waals surface area contributed by atoms with E-state index in [-0.39, 0.29) is 12.3 Å². The molecule has 0 spiro atoms. The molecule has 2 amide bonds. The maximum Gasteiger partial charge on any atom is 0.221 e. The van der Waals surface area contributed by atoms with Gasteiger partial charge >= 0.3 is 0 Å². The Morgan fingerprint density at radius 2 is 1.83 bits per heavy atom. The fourth-order valence-corrected chi connectivity index (χ4v) is 2.34. The van der Waals surface area contributed by atoms with Gasteiger partial charge in [-0.1, -0.05) is 36.4 Å². The molecule has 120 valence electrons. The number of hydrogen-bond acceptors (Lipinski definition) is 3. The van der Waals surface area contributed by atoms with E-state index >= 15 is 0 Å². The minimum atomic E-state index is -0.493. The fourth-order valence-electron chi connectivity index (χ4n) is 2.34. The van der Waals surface area contributed by atoms with Crippen molar-refractivity contribution in [3.8, 4) is 0 Å². The van der Waals surface area contributed by atoms with E-state index in [0.29, 0.717) is 19.4 Å². The number of amides is 2. The summed E-state index contributed by atoms with van der Waals surface area (Å²) in [5.41, 5.74) is 7.34. The molecule has 1 aromatic heterocycles. The van der Waals surface area contributed by atoms with Gasteiger partial charge in [-0.05, 0) is 24.1 Å². The quantitative estimate of drug-likeness (QED) is 0.774. The van der Waals surface area contributed by atoms with Gasteiger partial charge in [-0.2, -0.15) is 0 Å². The van der Waals surface area contributed by atoms with E-state index in [9.17, 15) is 9.59 Å². The average Bonchev–Trinajstić information content (AvgIpc) is 2.56. The van der Waals surface area contributed by atoms with Crippen LogP contribution in [0.15, 0.2) is 54.7 Å². The fraction of sp³-hybridized carbons (Fsp3) is 0.278. The van der Waals surface area contributed by atoms with Gasteiger partial charge in [0, 0.05) is 31.3 Å². The molecule has 5 heteroatoms. The molecule has 3 N–H and O–H groups in total. The number of benzene rings is 1. The van der Waals surface area contributed by atoms with Crippen molar-refractivity contribution >= 4 is 11.8 Å². The number of carbonyl (C=O) groups excluding carboxylic acids is 2. The van der Waals surface area contributed by atoms with Gasteiger partial charge in [0.15, 0.2) is 0 Å². The summed E-state index contributed by atoms with van der Waals surface area (Å²) in [5, 5.41) is 2.82. The molecule has 0 aliphatic rings. The van der Waals surface area contributed by atoms with Crippen LogP contribution in [0, 0.1) is 5.92 Å². The number of rotatable bonds is 8. The van der Waals surface area contributed by atoms with Crippen LogP contribution < -0.4 is 11.1 Å². The van der Waals surface area contributed by atoms with Crippen LogP contribution in [-0.4, -0.2) is 23.3 Å². The first-order valence-corrected chi connectivity index (χ1v) is 7.65. The van der Waals surface area contributed by atoms with Crippen LogP contribution in [0.1, 0.15) is 17.7 Å². The molecule has 0 bridgehead atoms. The van der Waals surface area contributed by atoms with Gasteiger partial charge in [0.05, 0.1) is 5.92 Å². The van der Waals surface area contributed by atoms with Crippen molar-refractivity contribution < 1.29 is 9.59 Å². The highest BCUT2D eigenvalue weighted by atomic mass is 16.2. The average molecular weight is 311 g/mol. The van der Waals surface area contributed by atoms with Crippen molar-refractivity contribution in [3.05, 3.63) is 66.0 Å². The first-order chi connectivity index (χ1) is 11.1. The molecule has 0 saturated heterocycles. The number of nitrogens with one attached hydrogen (secondary N) is 1. The molecule has 0 aliphatic carbocycles. The highest BCUT2D eigenvalue weighted by Gasteiger charge is 2.19. The first kappa shape index (κ1) is 16.7. The van der Waals surface area contributed by atoms with E-state index < -0.39 is 11.8 Å². The predicted molar refractivity (Wildman–Crippen MR) is 88.4 cm³/mol. The Bertz CT molecular complexity index is 629. The third kappa shape index (κ3) is 5.90.